The largest absolute Gasteiger partial charge is 0.362 e. The number of nitrogens with zero attached hydrogens (tertiary/aromatic N) is 2. The zero-order valence-corrected chi connectivity index (χ0v) is 9.35. The van der Waals surface area contributed by atoms with E-state index in [-0.39, 0.29) is 0 Å². The first-order chi connectivity index (χ1) is 7.83. The molecule has 1 heterocycles. The Morgan fingerprint density at radius 1 is 1.31 bits per heavy atom. The highest BCUT2D eigenvalue weighted by Gasteiger charge is 2.21. The predicted molar refractivity (Wildman–Crippen MR) is 64.3 cm³/mol. The van der Waals surface area contributed by atoms with Crippen LogP contribution in [0.2, 0.25) is 0 Å². The summed E-state index contributed by atoms with van der Waals surface area (Å²) in [4.78, 5) is 0. The first-order valence-corrected chi connectivity index (χ1v) is 5.67. The number of fused-ring (bicyclic) bond motifs is 1. The molecule has 0 aliphatic heterocycles. The van der Waals surface area contributed by atoms with Crippen molar-refractivity contribution in [3.63, 3.8) is 0 Å². The van der Waals surface area contributed by atoms with E-state index in [1.54, 1.807) is 0 Å². The third-order valence-electron chi connectivity index (χ3n) is 3.17. The number of benzene rings is 1. The van der Waals surface area contributed by atoms with Crippen LogP contribution >= 0.6 is 0 Å². The van der Waals surface area contributed by atoms with Gasteiger partial charge >= 0.3 is 0 Å². The van der Waals surface area contributed by atoms with Gasteiger partial charge in [0.15, 0.2) is 0 Å². The van der Waals surface area contributed by atoms with Crippen LogP contribution in [0.5, 0.6) is 0 Å². The lowest BCUT2D eigenvalue weighted by atomic mass is 10.1. The average molecular weight is 213 g/mol. The topological polar surface area (TPSA) is 29.9 Å². The van der Waals surface area contributed by atoms with Crippen LogP contribution in [0.25, 0.3) is 0 Å². The molecule has 0 saturated carbocycles. The van der Waals surface area contributed by atoms with Crippen LogP contribution in [-0.2, 0) is 13.5 Å². The van der Waals surface area contributed by atoms with E-state index in [1.165, 1.54) is 17.5 Å². The van der Waals surface area contributed by atoms with Gasteiger partial charge in [0.2, 0.25) is 0 Å². The Morgan fingerprint density at radius 2 is 2.19 bits per heavy atom. The van der Waals surface area contributed by atoms with E-state index in [2.05, 4.69) is 34.7 Å². The maximum Gasteiger partial charge on any atom is 0.148 e. The van der Waals surface area contributed by atoms with Gasteiger partial charge in [-0.05, 0) is 24.0 Å². The molecule has 1 aromatic carbocycles. The van der Waals surface area contributed by atoms with Gasteiger partial charge in [-0.3, -0.25) is 4.68 Å². The molecular weight excluding hydrogens is 198 g/mol. The molecule has 1 aliphatic rings. The summed E-state index contributed by atoms with van der Waals surface area (Å²) in [5.74, 6) is 0.962. The van der Waals surface area contributed by atoms with Crippen molar-refractivity contribution in [1.29, 1.82) is 0 Å². The van der Waals surface area contributed by atoms with Crippen molar-refractivity contribution >= 4 is 5.82 Å². The second kappa shape index (κ2) is 3.67. The van der Waals surface area contributed by atoms with E-state index in [9.17, 15) is 0 Å². The first kappa shape index (κ1) is 9.46. The molecule has 3 rings (SSSR count). The Kier molecular flexibility index (Phi) is 2.17. The minimum absolute atomic E-state index is 0.422. The van der Waals surface area contributed by atoms with Gasteiger partial charge in [0.05, 0.1) is 6.04 Å². The molecular formula is C13H15N3. The highest BCUT2D eigenvalue weighted by molar-refractivity contribution is 5.42. The molecule has 16 heavy (non-hydrogen) atoms. The molecule has 82 valence electrons. The number of nitrogens with one attached hydrogen (secondary N) is 1. The second-order valence-corrected chi connectivity index (χ2v) is 4.31. The molecule has 2 aromatic rings. The molecule has 1 atom stereocenters. The van der Waals surface area contributed by atoms with E-state index < -0.39 is 0 Å². The fraction of sp³-hybridized carbons (Fsp3) is 0.308. The van der Waals surface area contributed by atoms with Crippen molar-refractivity contribution in [3.8, 4) is 0 Å². The molecule has 1 aliphatic carbocycles. The summed E-state index contributed by atoms with van der Waals surface area (Å²) in [6.45, 7) is 0. The SMILES string of the molecule is Cn1ccc(NC2CCc3ccccc32)n1. The van der Waals surface area contributed by atoms with Crippen molar-refractivity contribution in [2.75, 3.05) is 5.32 Å². The summed E-state index contributed by atoms with van der Waals surface area (Å²) in [7, 11) is 1.94. The molecule has 1 N–H and O–H groups in total. The van der Waals surface area contributed by atoms with Crippen molar-refractivity contribution < 1.29 is 0 Å². The molecule has 1 aromatic heterocycles. The fourth-order valence-electron chi connectivity index (χ4n) is 2.38. The summed E-state index contributed by atoms with van der Waals surface area (Å²) < 4.78 is 1.82. The number of aryl methyl sites for hydroxylation is 2. The Morgan fingerprint density at radius 3 is 3.00 bits per heavy atom. The van der Waals surface area contributed by atoms with E-state index in [0.29, 0.717) is 6.04 Å². The number of hydrogen-bond donors (Lipinski definition) is 1. The summed E-state index contributed by atoms with van der Waals surface area (Å²) in [6, 6.07) is 11.1. The van der Waals surface area contributed by atoms with E-state index >= 15 is 0 Å². The Bertz CT molecular complexity index is 501. The third-order valence-corrected chi connectivity index (χ3v) is 3.17. The Labute approximate surface area is 95.1 Å². The highest BCUT2D eigenvalue weighted by atomic mass is 15.3. The molecule has 0 radical (unpaired) electrons. The Hall–Kier alpha value is -1.77. The lowest BCUT2D eigenvalue weighted by Gasteiger charge is -2.12. The average Bonchev–Trinajstić information content (AvgIpc) is 2.87. The molecule has 1 unspecified atom stereocenters. The standard InChI is InChI=1S/C13H15N3/c1-16-9-8-13(15-16)14-12-7-6-10-4-2-3-5-11(10)12/h2-5,8-9,12H,6-7H2,1H3,(H,14,15). The summed E-state index contributed by atoms with van der Waals surface area (Å²) in [5, 5.41) is 7.84. The van der Waals surface area contributed by atoms with Crippen LogP contribution in [0.4, 0.5) is 5.82 Å². The molecule has 3 nitrogen and oxygen atoms in total. The predicted octanol–water partition coefficient (Wildman–Crippen LogP) is 2.52. The van der Waals surface area contributed by atoms with Crippen molar-refractivity contribution in [2.45, 2.75) is 18.9 Å². The number of anilines is 1. The van der Waals surface area contributed by atoms with Crippen LogP contribution in [0.15, 0.2) is 36.5 Å². The lowest BCUT2D eigenvalue weighted by molar-refractivity contribution is 0.733. The minimum atomic E-state index is 0.422. The van der Waals surface area contributed by atoms with E-state index in [0.717, 1.165) is 12.2 Å². The lowest BCUT2D eigenvalue weighted by Crippen LogP contribution is -2.07. The maximum absolute atomic E-state index is 4.35. The van der Waals surface area contributed by atoms with E-state index in [1.807, 2.05) is 24.0 Å². The highest BCUT2D eigenvalue weighted by Crippen LogP contribution is 2.32. The molecule has 0 fully saturated rings. The quantitative estimate of drug-likeness (QED) is 0.830. The third kappa shape index (κ3) is 1.58. The van der Waals surface area contributed by atoms with Crippen LogP contribution in [0.3, 0.4) is 0 Å². The van der Waals surface area contributed by atoms with Gasteiger partial charge in [0, 0.05) is 19.3 Å². The zero-order chi connectivity index (χ0) is 11.0. The van der Waals surface area contributed by atoms with Crippen LogP contribution in [0.1, 0.15) is 23.6 Å². The maximum atomic E-state index is 4.35. The van der Waals surface area contributed by atoms with Gasteiger partial charge in [-0.25, -0.2) is 0 Å². The molecule has 3 heteroatoms. The monoisotopic (exact) mass is 213 g/mol. The molecule has 0 amide bonds. The molecule has 0 spiro atoms. The minimum Gasteiger partial charge on any atom is -0.362 e. The summed E-state index contributed by atoms with van der Waals surface area (Å²) in [6.07, 6.45) is 4.29. The molecule has 0 bridgehead atoms. The van der Waals surface area contributed by atoms with Crippen molar-refractivity contribution in [1.82, 2.24) is 9.78 Å². The normalized spacial score (nSPS) is 18.4. The van der Waals surface area contributed by atoms with Crippen LogP contribution in [0, 0.1) is 0 Å². The van der Waals surface area contributed by atoms with Crippen molar-refractivity contribution in [3.05, 3.63) is 47.7 Å². The number of rotatable bonds is 2. The van der Waals surface area contributed by atoms with Gasteiger partial charge in [-0.15, -0.1) is 0 Å². The smallest absolute Gasteiger partial charge is 0.148 e. The van der Waals surface area contributed by atoms with Gasteiger partial charge < -0.3 is 5.32 Å². The second-order valence-electron chi connectivity index (χ2n) is 4.31. The van der Waals surface area contributed by atoms with E-state index in [4.69, 9.17) is 0 Å². The van der Waals surface area contributed by atoms with Crippen LogP contribution < -0.4 is 5.32 Å². The zero-order valence-electron chi connectivity index (χ0n) is 9.35. The molecule has 0 saturated heterocycles. The Balaban J connectivity index is 1.83. The van der Waals surface area contributed by atoms with Crippen LogP contribution in [-0.4, -0.2) is 9.78 Å². The fourth-order valence-corrected chi connectivity index (χ4v) is 2.38. The summed E-state index contributed by atoms with van der Waals surface area (Å²) in [5.41, 5.74) is 2.89. The van der Waals surface area contributed by atoms with Gasteiger partial charge in [0.25, 0.3) is 0 Å². The van der Waals surface area contributed by atoms with Gasteiger partial charge in [-0.1, -0.05) is 24.3 Å². The van der Waals surface area contributed by atoms with Crippen molar-refractivity contribution in [2.24, 2.45) is 7.05 Å². The van der Waals surface area contributed by atoms with Gasteiger partial charge in [0.1, 0.15) is 5.82 Å². The first-order valence-electron chi connectivity index (χ1n) is 5.67. The number of hydrogen-bond acceptors (Lipinski definition) is 2. The number of aromatic nitrogens is 2. The summed E-state index contributed by atoms with van der Waals surface area (Å²) >= 11 is 0. The van der Waals surface area contributed by atoms with Gasteiger partial charge in [-0.2, -0.15) is 5.10 Å².